The van der Waals surface area contributed by atoms with E-state index in [9.17, 15) is 9.90 Å². The SMILES string of the molecule is COc1cccc2[nH]cc(CC(=O)N(C)CC(O)C3CC3)c12. The number of carbonyl (C=O) groups excluding carboxylic acids is 1. The number of amides is 1. The lowest BCUT2D eigenvalue weighted by molar-refractivity contribution is -0.130. The molecule has 0 radical (unpaired) electrons. The fraction of sp³-hybridized carbons (Fsp3) is 0.471. The molecule has 1 atom stereocenters. The average Bonchev–Trinajstić information content (AvgIpc) is 3.29. The molecule has 1 aliphatic carbocycles. The van der Waals surface area contributed by atoms with E-state index < -0.39 is 6.10 Å². The van der Waals surface area contributed by atoms with Crippen LogP contribution in [0, 0.1) is 5.92 Å². The van der Waals surface area contributed by atoms with Gasteiger partial charge in [-0.2, -0.15) is 0 Å². The summed E-state index contributed by atoms with van der Waals surface area (Å²) in [6.07, 6.45) is 3.90. The van der Waals surface area contributed by atoms with Gasteiger partial charge in [0.1, 0.15) is 5.75 Å². The van der Waals surface area contributed by atoms with E-state index in [4.69, 9.17) is 4.74 Å². The van der Waals surface area contributed by atoms with E-state index in [0.717, 1.165) is 35.1 Å². The predicted molar refractivity (Wildman–Crippen MR) is 84.9 cm³/mol. The normalized spacial score (nSPS) is 15.8. The Hall–Kier alpha value is -2.01. The Bertz CT molecular complexity index is 676. The van der Waals surface area contributed by atoms with Gasteiger partial charge in [0.25, 0.3) is 0 Å². The first kappa shape index (κ1) is 14.9. The minimum absolute atomic E-state index is 0.00602. The first-order chi connectivity index (χ1) is 10.6. The first-order valence-electron chi connectivity index (χ1n) is 7.65. The summed E-state index contributed by atoms with van der Waals surface area (Å²) in [5.41, 5.74) is 1.88. The maximum Gasteiger partial charge on any atom is 0.226 e. The highest BCUT2D eigenvalue weighted by Gasteiger charge is 2.31. The molecule has 1 aliphatic rings. The van der Waals surface area contributed by atoms with E-state index in [2.05, 4.69) is 4.98 Å². The van der Waals surface area contributed by atoms with E-state index in [1.807, 2.05) is 24.4 Å². The van der Waals surface area contributed by atoms with Gasteiger partial charge < -0.3 is 19.7 Å². The molecule has 1 aromatic heterocycles. The molecule has 1 aromatic carbocycles. The van der Waals surface area contributed by atoms with Crippen molar-refractivity contribution >= 4 is 16.8 Å². The van der Waals surface area contributed by atoms with Gasteiger partial charge in [-0.1, -0.05) is 6.07 Å². The Morgan fingerprint density at radius 3 is 2.95 bits per heavy atom. The molecule has 1 unspecified atom stereocenters. The minimum atomic E-state index is -0.397. The molecular formula is C17H22N2O3. The van der Waals surface area contributed by atoms with Crippen molar-refractivity contribution in [2.45, 2.75) is 25.4 Å². The van der Waals surface area contributed by atoms with Crippen LogP contribution in [0.5, 0.6) is 5.75 Å². The lowest BCUT2D eigenvalue weighted by Gasteiger charge is -2.20. The number of rotatable bonds is 6. The molecular weight excluding hydrogens is 280 g/mol. The van der Waals surface area contributed by atoms with Crippen LogP contribution in [-0.4, -0.2) is 47.7 Å². The summed E-state index contributed by atoms with van der Waals surface area (Å²) >= 11 is 0. The number of benzene rings is 1. The predicted octanol–water partition coefficient (Wildman–Crippen LogP) is 1.95. The van der Waals surface area contributed by atoms with Crippen LogP contribution >= 0.6 is 0 Å². The quantitative estimate of drug-likeness (QED) is 0.857. The van der Waals surface area contributed by atoms with Crippen molar-refractivity contribution in [3.05, 3.63) is 30.0 Å². The lowest BCUT2D eigenvalue weighted by Crippen LogP contribution is -2.36. The second-order valence-electron chi connectivity index (χ2n) is 6.05. The van der Waals surface area contributed by atoms with Crippen LogP contribution < -0.4 is 4.74 Å². The Morgan fingerprint density at radius 2 is 2.27 bits per heavy atom. The second kappa shape index (κ2) is 6.01. The van der Waals surface area contributed by atoms with Crippen molar-refractivity contribution in [3.63, 3.8) is 0 Å². The average molecular weight is 302 g/mol. The highest BCUT2D eigenvalue weighted by molar-refractivity contribution is 5.93. The fourth-order valence-electron chi connectivity index (χ4n) is 2.84. The summed E-state index contributed by atoms with van der Waals surface area (Å²) in [6, 6.07) is 5.78. The number of hydrogen-bond donors (Lipinski definition) is 2. The summed E-state index contributed by atoms with van der Waals surface area (Å²) in [4.78, 5) is 17.2. The standard InChI is InChI=1S/C17H22N2O3/c1-19(10-14(20)11-6-7-11)16(21)8-12-9-18-13-4-3-5-15(22-2)17(12)13/h3-5,9,11,14,18,20H,6-8,10H2,1-2H3. The maximum absolute atomic E-state index is 12.4. The molecule has 5 heteroatoms. The monoisotopic (exact) mass is 302 g/mol. The number of ether oxygens (including phenoxy) is 1. The summed E-state index contributed by atoms with van der Waals surface area (Å²) in [6.45, 7) is 0.406. The largest absolute Gasteiger partial charge is 0.496 e. The van der Waals surface area contributed by atoms with Crippen molar-refractivity contribution in [2.24, 2.45) is 5.92 Å². The van der Waals surface area contributed by atoms with E-state index in [1.165, 1.54) is 0 Å². The Labute approximate surface area is 129 Å². The van der Waals surface area contributed by atoms with Gasteiger partial charge in [0.15, 0.2) is 0 Å². The Morgan fingerprint density at radius 1 is 1.50 bits per heavy atom. The molecule has 0 saturated heterocycles. The van der Waals surface area contributed by atoms with Crippen LogP contribution in [0.15, 0.2) is 24.4 Å². The number of nitrogens with one attached hydrogen (secondary N) is 1. The number of nitrogens with zero attached hydrogens (tertiary/aromatic N) is 1. The van der Waals surface area contributed by atoms with Gasteiger partial charge >= 0.3 is 0 Å². The Balaban J connectivity index is 1.73. The molecule has 0 bridgehead atoms. The summed E-state index contributed by atoms with van der Waals surface area (Å²) < 4.78 is 5.39. The zero-order chi connectivity index (χ0) is 15.7. The van der Waals surface area contributed by atoms with E-state index in [1.54, 1.807) is 19.1 Å². The number of hydrogen-bond acceptors (Lipinski definition) is 3. The van der Waals surface area contributed by atoms with Gasteiger partial charge in [-0.05, 0) is 36.5 Å². The minimum Gasteiger partial charge on any atom is -0.496 e. The van der Waals surface area contributed by atoms with Crippen LogP contribution in [0.4, 0.5) is 0 Å². The van der Waals surface area contributed by atoms with Crippen LogP contribution in [-0.2, 0) is 11.2 Å². The molecule has 1 saturated carbocycles. The van der Waals surface area contributed by atoms with Crippen molar-refractivity contribution in [1.82, 2.24) is 9.88 Å². The number of aromatic nitrogens is 1. The third-order valence-corrected chi connectivity index (χ3v) is 4.36. The van der Waals surface area contributed by atoms with Crippen LogP contribution in [0.25, 0.3) is 10.9 Å². The van der Waals surface area contributed by atoms with E-state index in [0.29, 0.717) is 18.9 Å². The zero-order valence-electron chi connectivity index (χ0n) is 13.0. The lowest BCUT2D eigenvalue weighted by atomic mass is 10.1. The molecule has 1 fully saturated rings. The van der Waals surface area contributed by atoms with Gasteiger partial charge in [-0.3, -0.25) is 4.79 Å². The summed E-state index contributed by atoms with van der Waals surface area (Å²) in [5, 5.41) is 10.9. The molecule has 5 nitrogen and oxygen atoms in total. The highest BCUT2D eigenvalue weighted by Crippen LogP contribution is 2.33. The van der Waals surface area contributed by atoms with E-state index in [-0.39, 0.29) is 5.91 Å². The number of aliphatic hydroxyl groups excluding tert-OH is 1. The van der Waals surface area contributed by atoms with Gasteiger partial charge in [-0.15, -0.1) is 0 Å². The molecule has 118 valence electrons. The highest BCUT2D eigenvalue weighted by atomic mass is 16.5. The van der Waals surface area contributed by atoms with Crippen LogP contribution in [0.3, 0.4) is 0 Å². The third-order valence-electron chi connectivity index (χ3n) is 4.36. The van der Waals surface area contributed by atoms with Crippen LogP contribution in [0.2, 0.25) is 0 Å². The number of carbonyl (C=O) groups is 1. The van der Waals surface area contributed by atoms with Crippen LogP contribution in [0.1, 0.15) is 18.4 Å². The first-order valence-corrected chi connectivity index (χ1v) is 7.65. The fourth-order valence-corrected chi connectivity index (χ4v) is 2.84. The molecule has 3 rings (SSSR count). The number of methoxy groups -OCH3 is 1. The van der Waals surface area contributed by atoms with Crippen molar-refractivity contribution in [3.8, 4) is 5.75 Å². The number of fused-ring (bicyclic) bond motifs is 1. The molecule has 1 amide bonds. The summed E-state index contributed by atoms with van der Waals surface area (Å²) in [5.74, 6) is 1.15. The van der Waals surface area contributed by atoms with Gasteiger partial charge in [-0.25, -0.2) is 0 Å². The second-order valence-corrected chi connectivity index (χ2v) is 6.05. The number of aliphatic hydroxyl groups is 1. The summed E-state index contributed by atoms with van der Waals surface area (Å²) in [7, 11) is 3.38. The maximum atomic E-state index is 12.4. The number of H-pyrrole nitrogens is 1. The van der Waals surface area contributed by atoms with Crippen molar-refractivity contribution < 1.29 is 14.6 Å². The van der Waals surface area contributed by atoms with Gasteiger partial charge in [0, 0.05) is 30.7 Å². The Kier molecular flexibility index (Phi) is 4.07. The number of likely N-dealkylation sites (N-methyl/N-ethyl adjacent to an activating group) is 1. The third kappa shape index (κ3) is 2.95. The van der Waals surface area contributed by atoms with Gasteiger partial charge in [0.2, 0.25) is 5.91 Å². The molecule has 0 aliphatic heterocycles. The van der Waals surface area contributed by atoms with Gasteiger partial charge in [0.05, 0.1) is 19.6 Å². The molecule has 2 N–H and O–H groups in total. The molecule has 1 heterocycles. The molecule has 22 heavy (non-hydrogen) atoms. The zero-order valence-corrected chi connectivity index (χ0v) is 13.0. The molecule has 0 spiro atoms. The topological polar surface area (TPSA) is 65.6 Å². The van der Waals surface area contributed by atoms with Crippen molar-refractivity contribution in [2.75, 3.05) is 20.7 Å². The van der Waals surface area contributed by atoms with E-state index >= 15 is 0 Å². The van der Waals surface area contributed by atoms with Crippen molar-refractivity contribution in [1.29, 1.82) is 0 Å². The molecule has 2 aromatic rings. The number of aromatic amines is 1. The smallest absolute Gasteiger partial charge is 0.226 e.